The van der Waals surface area contributed by atoms with E-state index in [-0.39, 0.29) is 43.6 Å². The minimum Gasteiger partial charge on any atom is -0.480 e. The molecule has 0 bridgehead atoms. The second kappa shape index (κ2) is 8.73. The number of carbonyl (C=O) groups is 2. The van der Waals surface area contributed by atoms with Crippen molar-refractivity contribution < 1.29 is 14.7 Å². The van der Waals surface area contributed by atoms with Crippen LogP contribution in [0.1, 0.15) is 6.42 Å². The summed E-state index contributed by atoms with van der Waals surface area (Å²) in [5.74, 6) is -1.52. The van der Waals surface area contributed by atoms with Crippen LogP contribution in [0.15, 0.2) is 0 Å². The lowest BCUT2D eigenvalue weighted by atomic mass is 10.1. The Labute approximate surface area is 82.3 Å². The highest BCUT2D eigenvalue weighted by molar-refractivity contribution is 5.86. The number of carbonyl (C=O) groups excluding carboxylic acids is 1. The van der Waals surface area contributed by atoms with Crippen LogP contribution in [0.3, 0.4) is 0 Å². The number of hydrogen-bond acceptors (Lipinski definition) is 4. The van der Waals surface area contributed by atoms with Crippen molar-refractivity contribution in [1.82, 2.24) is 0 Å². The lowest BCUT2D eigenvalue weighted by Gasteiger charge is -2.01. The van der Waals surface area contributed by atoms with Crippen molar-refractivity contribution in [3.63, 3.8) is 0 Å². The second-order valence-electron chi connectivity index (χ2n) is 1.89. The number of ketones is 1. The maximum Gasteiger partial charge on any atom is 0.320 e. The molecule has 5 N–H and O–H groups in total. The van der Waals surface area contributed by atoms with Crippen molar-refractivity contribution in [3.8, 4) is 0 Å². The van der Waals surface area contributed by atoms with Crippen LogP contribution in [0.4, 0.5) is 0 Å². The van der Waals surface area contributed by atoms with Crippen LogP contribution in [0.25, 0.3) is 0 Å². The lowest BCUT2D eigenvalue weighted by Crippen LogP contribution is -2.34. The quantitative estimate of drug-likeness (QED) is 0.571. The molecule has 0 aliphatic carbocycles. The number of Topliss-reactive ketones (excluding diaryl/α,β-unsaturated/α-hetero) is 1. The molecule has 0 rings (SSSR count). The molecule has 0 amide bonds. The molecule has 0 saturated carbocycles. The van der Waals surface area contributed by atoms with Crippen molar-refractivity contribution in [1.29, 1.82) is 0 Å². The van der Waals surface area contributed by atoms with Gasteiger partial charge >= 0.3 is 5.97 Å². The number of hydrogen-bond donors (Lipinski definition) is 3. The molecule has 0 aliphatic heterocycles. The molecule has 0 unspecified atom stereocenters. The van der Waals surface area contributed by atoms with Gasteiger partial charge in [0.25, 0.3) is 0 Å². The van der Waals surface area contributed by atoms with E-state index in [9.17, 15) is 9.59 Å². The number of rotatable bonds is 4. The summed E-state index contributed by atoms with van der Waals surface area (Å²) in [7, 11) is 0. The van der Waals surface area contributed by atoms with Crippen molar-refractivity contribution in [2.45, 2.75) is 12.5 Å². The fourth-order valence-corrected chi connectivity index (χ4v) is 0.416. The van der Waals surface area contributed by atoms with Gasteiger partial charge in [-0.2, -0.15) is 0 Å². The molecular formula is C5H12Cl2N2O3. The first-order chi connectivity index (χ1) is 4.57. The summed E-state index contributed by atoms with van der Waals surface area (Å²) in [6.07, 6.45) is -0.189. The lowest BCUT2D eigenvalue weighted by molar-refractivity contribution is -0.140. The van der Waals surface area contributed by atoms with Gasteiger partial charge in [-0.1, -0.05) is 0 Å². The minimum absolute atomic E-state index is 0. The van der Waals surface area contributed by atoms with Crippen molar-refractivity contribution in [2.75, 3.05) is 6.54 Å². The first-order valence-electron chi connectivity index (χ1n) is 2.78. The average molecular weight is 219 g/mol. The first kappa shape index (κ1) is 17.7. The van der Waals surface area contributed by atoms with Gasteiger partial charge in [-0.15, -0.1) is 24.8 Å². The third-order valence-electron chi connectivity index (χ3n) is 0.992. The summed E-state index contributed by atoms with van der Waals surface area (Å²) < 4.78 is 0. The van der Waals surface area contributed by atoms with Gasteiger partial charge in [0.15, 0.2) is 0 Å². The summed E-state index contributed by atoms with van der Waals surface area (Å²) in [6, 6.07) is -1.11. The topological polar surface area (TPSA) is 106 Å². The van der Waals surface area contributed by atoms with E-state index in [1.54, 1.807) is 0 Å². The number of aliphatic carboxylic acids is 1. The minimum atomic E-state index is -1.18. The molecule has 0 aromatic heterocycles. The summed E-state index contributed by atoms with van der Waals surface area (Å²) >= 11 is 0. The van der Waals surface area contributed by atoms with Gasteiger partial charge in [-0.25, -0.2) is 0 Å². The van der Waals surface area contributed by atoms with E-state index in [1.165, 1.54) is 0 Å². The number of halogens is 2. The predicted octanol–water partition coefficient (Wildman–Crippen LogP) is -0.840. The molecule has 0 saturated heterocycles. The molecule has 1 atom stereocenters. The fraction of sp³-hybridized carbons (Fsp3) is 0.600. The SMILES string of the molecule is Cl.Cl.NCC(=O)C[C@@H](N)C(=O)O. The van der Waals surface area contributed by atoms with E-state index < -0.39 is 12.0 Å². The van der Waals surface area contributed by atoms with Gasteiger partial charge in [0, 0.05) is 6.42 Å². The van der Waals surface area contributed by atoms with Gasteiger partial charge in [0.1, 0.15) is 11.8 Å². The zero-order valence-corrected chi connectivity index (χ0v) is 7.86. The highest BCUT2D eigenvalue weighted by Gasteiger charge is 2.14. The molecule has 0 aromatic carbocycles. The maximum atomic E-state index is 10.5. The van der Waals surface area contributed by atoms with Crippen LogP contribution < -0.4 is 11.5 Å². The highest BCUT2D eigenvalue weighted by Crippen LogP contribution is 1.87. The van der Waals surface area contributed by atoms with Crippen molar-refractivity contribution in [2.24, 2.45) is 11.5 Å². The number of carboxylic acids is 1. The van der Waals surface area contributed by atoms with Crippen LogP contribution in [0.5, 0.6) is 0 Å². The van der Waals surface area contributed by atoms with E-state index in [1.807, 2.05) is 0 Å². The fourth-order valence-electron chi connectivity index (χ4n) is 0.416. The molecular weight excluding hydrogens is 207 g/mol. The largest absolute Gasteiger partial charge is 0.480 e. The van der Waals surface area contributed by atoms with E-state index in [0.717, 1.165) is 0 Å². The zero-order chi connectivity index (χ0) is 8.15. The van der Waals surface area contributed by atoms with Crippen molar-refractivity contribution >= 4 is 36.6 Å². The molecule has 0 aromatic rings. The van der Waals surface area contributed by atoms with E-state index in [0.29, 0.717) is 0 Å². The Morgan fingerprint density at radius 2 is 1.75 bits per heavy atom. The standard InChI is InChI=1S/C5H10N2O3.2ClH/c6-2-3(8)1-4(7)5(9)10;;/h4H,1-2,6-7H2,(H,9,10);2*1H/t4-;;/m1../s1. The van der Waals surface area contributed by atoms with Crippen LogP contribution >= 0.6 is 24.8 Å². The van der Waals surface area contributed by atoms with E-state index >= 15 is 0 Å². The van der Waals surface area contributed by atoms with Gasteiger partial charge < -0.3 is 16.6 Å². The van der Waals surface area contributed by atoms with Gasteiger partial charge in [-0.3, -0.25) is 9.59 Å². The molecule has 12 heavy (non-hydrogen) atoms. The third kappa shape index (κ3) is 7.74. The summed E-state index contributed by atoms with van der Waals surface area (Å²) in [5, 5.41) is 8.21. The predicted molar refractivity (Wildman–Crippen MR) is 48.8 cm³/mol. The Hall–Kier alpha value is -0.360. The Morgan fingerprint density at radius 1 is 1.33 bits per heavy atom. The Kier molecular flexibility index (Phi) is 12.8. The first-order valence-corrected chi connectivity index (χ1v) is 2.78. The van der Waals surface area contributed by atoms with Crippen molar-refractivity contribution in [3.05, 3.63) is 0 Å². The Bertz CT molecular complexity index is 154. The number of nitrogens with two attached hydrogens (primary N) is 2. The van der Waals surface area contributed by atoms with E-state index in [4.69, 9.17) is 16.6 Å². The highest BCUT2D eigenvalue weighted by atomic mass is 35.5. The summed E-state index contributed by atoms with van der Waals surface area (Å²) in [4.78, 5) is 20.5. The molecule has 0 radical (unpaired) electrons. The zero-order valence-electron chi connectivity index (χ0n) is 6.23. The molecule has 0 aliphatic rings. The molecule has 0 heterocycles. The van der Waals surface area contributed by atoms with Gasteiger partial charge in [0.2, 0.25) is 0 Å². The third-order valence-corrected chi connectivity index (χ3v) is 0.992. The van der Waals surface area contributed by atoms with Crippen LogP contribution in [-0.2, 0) is 9.59 Å². The molecule has 0 fully saturated rings. The van der Waals surface area contributed by atoms with Crippen LogP contribution in [-0.4, -0.2) is 29.4 Å². The van der Waals surface area contributed by atoms with Gasteiger partial charge in [0.05, 0.1) is 6.54 Å². The molecule has 74 valence electrons. The summed E-state index contributed by atoms with van der Waals surface area (Å²) in [6.45, 7) is -0.152. The number of carboxylic acid groups (broad SMARTS) is 1. The van der Waals surface area contributed by atoms with E-state index in [2.05, 4.69) is 0 Å². The van der Waals surface area contributed by atoms with Crippen LogP contribution in [0.2, 0.25) is 0 Å². The Morgan fingerprint density at radius 3 is 2.00 bits per heavy atom. The molecule has 5 nitrogen and oxygen atoms in total. The second-order valence-corrected chi connectivity index (χ2v) is 1.89. The van der Waals surface area contributed by atoms with Gasteiger partial charge in [-0.05, 0) is 0 Å². The summed E-state index contributed by atoms with van der Waals surface area (Å²) in [5.41, 5.74) is 9.94. The normalized spacial score (nSPS) is 10.5. The Balaban J connectivity index is -0.000000405. The monoisotopic (exact) mass is 218 g/mol. The average Bonchev–Trinajstić information content (AvgIpc) is 1.87. The van der Waals surface area contributed by atoms with Crippen LogP contribution in [0, 0.1) is 0 Å². The molecule has 0 spiro atoms. The maximum absolute atomic E-state index is 10.5. The smallest absolute Gasteiger partial charge is 0.320 e. The molecule has 7 heteroatoms.